The number of hydrogen-bond donors (Lipinski definition) is 0. The monoisotopic (exact) mass is 387 g/mol. The van der Waals surface area contributed by atoms with Crippen LogP contribution in [0.4, 0.5) is 0 Å². The predicted octanol–water partition coefficient (Wildman–Crippen LogP) is 4.48. The Morgan fingerprint density at radius 3 is 2.48 bits per heavy atom. The van der Waals surface area contributed by atoms with Gasteiger partial charge in [0.25, 0.3) is 0 Å². The van der Waals surface area contributed by atoms with Crippen molar-refractivity contribution in [3.05, 3.63) is 82.8 Å². The summed E-state index contributed by atoms with van der Waals surface area (Å²) in [6.45, 7) is 7.53. The Hall–Kier alpha value is -3.25. The zero-order valence-corrected chi connectivity index (χ0v) is 17.3. The van der Waals surface area contributed by atoms with Crippen molar-refractivity contribution in [3.8, 4) is 16.9 Å². The number of aromatic nitrogens is 4. The van der Waals surface area contributed by atoms with Gasteiger partial charge in [0.1, 0.15) is 11.4 Å². The van der Waals surface area contributed by atoms with Crippen molar-refractivity contribution in [2.45, 2.75) is 33.9 Å². The zero-order valence-electron chi connectivity index (χ0n) is 17.3. The van der Waals surface area contributed by atoms with E-state index in [0.29, 0.717) is 6.54 Å². The molecule has 0 aliphatic carbocycles. The van der Waals surface area contributed by atoms with Crippen LogP contribution in [0, 0.1) is 20.8 Å². The molecular formula is C23H25N5O. The summed E-state index contributed by atoms with van der Waals surface area (Å²) in [5.41, 5.74) is 8.47. The van der Waals surface area contributed by atoms with Gasteiger partial charge in [0, 0.05) is 30.4 Å². The fourth-order valence-corrected chi connectivity index (χ4v) is 3.45. The average Bonchev–Trinajstić information content (AvgIpc) is 3.31. The van der Waals surface area contributed by atoms with Gasteiger partial charge in [-0.3, -0.25) is 4.90 Å². The molecule has 0 N–H and O–H groups in total. The molecular weight excluding hydrogens is 362 g/mol. The van der Waals surface area contributed by atoms with Gasteiger partial charge < -0.3 is 0 Å². The Morgan fingerprint density at radius 2 is 1.76 bits per heavy atom. The number of hydrogen-bond acceptors (Lipinski definition) is 5. The molecule has 0 fully saturated rings. The molecule has 6 nitrogen and oxygen atoms in total. The van der Waals surface area contributed by atoms with Crippen molar-refractivity contribution in [2.24, 2.45) is 0 Å². The lowest BCUT2D eigenvalue weighted by molar-refractivity contribution is 0.279. The second-order valence-electron chi connectivity index (χ2n) is 7.57. The zero-order chi connectivity index (χ0) is 20.4. The van der Waals surface area contributed by atoms with Gasteiger partial charge in [-0.05, 0) is 45.0 Å². The highest BCUT2D eigenvalue weighted by atomic mass is 16.6. The Kier molecular flexibility index (Phi) is 5.27. The molecule has 6 heteroatoms. The van der Waals surface area contributed by atoms with Gasteiger partial charge in [-0.2, -0.15) is 5.10 Å². The molecule has 0 spiro atoms. The van der Waals surface area contributed by atoms with Gasteiger partial charge in [-0.15, -0.1) is 0 Å². The Labute approximate surface area is 170 Å². The van der Waals surface area contributed by atoms with Crippen LogP contribution in [0.25, 0.3) is 16.9 Å². The molecule has 2 heterocycles. The van der Waals surface area contributed by atoms with E-state index in [0.717, 1.165) is 40.4 Å². The number of benzene rings is 2. The Balaban J connectivity index is 1.70. The molecule has 2 aromatic heterocycles. The summed E-state index contributed by atoms with van der Waals surface area (Å²) in [5.74, 6) is 0. The molecule has 0 bridgehead atoms. The van der Waals surface area contributed by atoms with Gasteiger partial charge >= 0.3 is 0 Å². The molecule has 0 saturated carbocycles. The SMILES string of the molecule is Cc1ccc(C)c(-n2cc(CN(C)Cc3nonc3C)c(-c3ccccc3)n2)c1. The standard InChI is InChI=1S/C23H25N5O/c1-16-10-11-17(2)22(12-16)28-14-20(23(24-28)19-8-6-5-7-9-19)13-27(4)15-21-18(3)25-29-26-21/h5-12,14H,13,15H2,1-4H3. The lowest BCUT2D eigenvalue weighted by Gasteiger charge is -2.15. The predicted molar refractivity (Wildman–Crippen MR) is 113 cm³/mol. The largest absolute Gasteiger partial charge is 0.296 e. The van der Waals surface area contributed by atoms with Crippen molar-refractivity contribution in [2.75, 3.05) is 7.05 Å². The minimum absolute atomic E-state index is 0.665. The highest BCUT2D eigenvalue weighted by Crippen LogP contribution is 2.26. The molecule has 4 aromatic rings. The van der Waals surface area contributed by atoms with E-state index in [1.54, 1.807) is 0 Å². The average molecular weight is 387 g/mol. The van der Waals surface area contributed by atoms with E-state index in [-0.39, 0.29) is 0 Å². The quantitative estimate of drug-likeness (QED) is 0.488. The van der Waals surface area contributed by atoms with Gasteiger partial charge in [0.05, 0.1) is 11.4 Å². The topological polar surface area (TPSA) is 60.0 Å². The van der Waals surface area contributed by atoms with Crippen LogP contribution in [0.5, 0.6) is 0 Å². The van der Waals surface area contributed by atoms with Crippen molar-refractivity contribution in [1.82, 2.24) is 25.0 Å². The molecule has 0 saturated heterocycles. The molecule has 0 aliphatic heterocycles. The molecule has 0 unspecified atom stereocenters. The van der Waals surface area contributed by atoms with Crippen LogP contribution >= 0.6 is 0 Å². The van der Waals surface area contributed by atoms with Gasteiger partial charge in [0.15, 0.2) is 0 Å². The molecule has 2 aromatic carbocycles. The van der Waals surface area contributed by atoms with Crippen LogP contribution in [-0.2, 0) is 13.1 Å². The molecule has 0 aliphatic rings. The first-order valence-corrected chi connectivity index (χ1v) is 9.69. The van der Waals surface area contributed by atoms with Crippen LogP contribution in [0.3, 0.4) is 0 Å². The van der Waals surface area contributed by atoms with Crippen molar-refractivity contribution in [1.29, 1.82) is 0 Å². The first kappa shape index (κ1) is 19.1. The minimum Gasteiger partial charge on any atom is -0.296 e. The van der Waals surface area contributed by atoms with Crippen LogP contribution in [-0.4, -0.2) is 32.0 Å². The second kappa shape index (κ2) is 8.01. The van der Waals surface area contributed by atoms with E-state index in [1.807, 2.05) is 29.8 Å². The number of nitrogens with zero attached hydrogens (tertiary/aromatic N) is 5. The van der Waals surface area contributed by atoms with Crippen molar-refractivity contribution < 1.29 is 4.63 Å². The number of aryl methyl sites for hydroxylation is 3. The van der Waals surface area contributed by atoms with E-state index in [1.165, 1.54) is 11.1 Å². The smallest absolute Gasteiger partial charge is 0.122 e. The fourth-order valence-electron chi connectivity index (χ4n) is 3.45. The lowest BCUT2D eigenvalue weighted by Crippen LogP contribution is -2.18. The minimum atomic E-state index is 0.665. The normalized spacial score (nSPS) is 11.3. The van der Waals surface area contributed by atoms with Gasteiger partial charge in [-0.25, -0.2) is 9.31 Å². The van der Waals surface area contributed by atoms with Crippen LogP contribution in [0.1, 0.15) is 28.1 Å². The highest BCUT2D eigenvalue weighted by Gasteiger charge is 2.16. The lowest BCUT2D eigenvalue weighted by atomic mass is 10.1. The molecule has 29 heavy (non-hydrogen) atoms. The fraction of sp³-hybridized carbons (Fsp3) is 0.261. The third-order valence-corrected chi connectivity index (χ3v) is 5.06. The highest BCUT2D eigenvalue weighted by molar-refractivity contribution is 5.63. The summed E-state index contributed by atoms with van der Waals surface area (Å²) in [7, 11) is 2.07. The maximum absolute atomic E-state index is 4.96. The molecule has 4 rings (SSSR count). The molecule has 0 atom stereocenters. The van der Waals surface area contributed by atoms with E-state index in [9.17, 15) is 0 Å². The third-order valence-electron chi connectivity index (χ3n) is 5.06. The maximum atomic E-state index is 4.96. The van der Waals surface area contributed by atoms with E-state index in [2.05, 4.69) is 72.6 Å². The summed E-state index contributed by atoms with van der Waals surface area (Å²) >= 11 is 0. The van der Waals surface area contributed by atoms with Crippen molar-refractivity contribution >= 4 is 0 Å². The molecule has 148 valence electrons. The van der Waals surface area contributed by atoms with E-state index in [4.69, 9.17) is 9.73 Å². The summed E-state index contributed by atoms with van der Waals surface area (Å²) < 4.78 is 6.83. The van der Waals surface area contributed by atoms with Crippen LogP contribution in [0.2, 0.25) is 0 Å². The molecule has 0 radical (unpaired) electrons. The summed E-state index contributed by atoms with van der Waals surface area (Å²) in [5, 5.41) is 12.8. The Bertz CT molecular complexity index is 1110. The summed E-state index contributed by atoms with van der Waals surface area (Å²) in [6, 6.07) is 16.8. The maximum Gasteiger partial charge on any atom is 0.122 e. The van der Waals surface area contributed by atoms with Gasteiger partial charge in [0.2, 0.25) is 0 Å². The van der Waals surface area contributed by atoms with E-state index < -0.39 is 0 Å². The van der Waals surface area contributed by atoms with Gasteiger partial charge in [-0.1, -0.05) is 52.8 Å². The van der Waals surface area contributed by atoms with Crippen LogP contribution in [0.15, 0.2) is 59.4 Å². The first-order chi connectivity index (χ1) is 14.0. The van der Waals surface area contributed by atoms with E-state index >= 15 is 0 Å². The first-order valence-electron chi connectivity index (χ1n) is 9.69. The summed E-state index contributed by atoms with van der Waals surface area (Å²) in [4.78, 5) is 2.20. The molecule has 0 amide bonds. The summed E-state index contributed by atoms with van der Waals surface area (Å²) in [6.07, 6.45) is 2.13. The third kappa shape index (κ3) is 4.12. The Morgan fingerprint density at radius 1 is 0.966 bits per heavy atom. The second-order valence-corrected chi connectivity index (χ2v) is 7.57. The van der Waals surface area contributed by atoms with Crippen LogP contribution < -0.4 is 0 Å². The number of rotatable bonds is 6. The van der Waals surface area contributed by atoms with Crippen molar-refractivity contribution in [3.63, 3.8) is 0 Å².